The number of fused-ring (bicyclic) bond motifs is 5. The average Bonchev–Trinajstić information content (AvgIpc) is 3.13. The Balaban J connectivity index is 1.73. The van der Waals surface area contributed by atoms with Crippen molar-refractivity contribution in [1.82, 2.24) is 15.2 Å². The number of piperidine rings is 1. The maximum absolute atomic E-state index is 12.6. The average molecular weight is 398 g/mol. The number of nitrogens with one attached hydrogen (secondary N) is 2. The third-order valence-electron chi connectivity index (χ3n) is 6.74. The predicted molar refractivity (Wildman–Crippen MR) is 114 cm³/mol. The lowest BCUT2D eigenvalue weighted by molar-refractivity contribution is -0.118. The van der Waals surface area contributed by atoms with Crippen molar-refractivity contribution in [2.75, 3.05) is 26.7 Å². The van der Waals surface area contributed by atoms with Gasteiger partial charge in [-0.05, 0) is 49.3 Å². The lowest BCUT2D eigenvalue weighted by Gasteiger charge is -2.46. The van der Waals surface area contributed by atoms with Crippen molar-refractivity contribution in [3.8, 4) is 5.75 Å². The van der Waals surface area contributed by atoms with Gasteiger partial charge in [0, 0.05) is 36.2 Å². The van der Waals surface area contributed by atoms with Gasteiger partial charge >= 0.3 is 0 Å². The third kappa shape index (κ3) is 3.29. The fraction of sp³-hybridized carbons (Fsp3) is 0.522. The molecule has 29 heavy (non-hydrogen) atoms. The van der Waals surface area contributed by atoms with Gasteiger partial charge < -0.3 is 20.1 Å². The Hall–Kier alpha value is -2.47. The molecule has 6 nitrogen and oxygen atoms in total. The van der Waals surface area contributed by atoms with E-state index in [1.54, 1.807) is 7.11 Å². The topological polar surface area (TPSA) is 77.6 Å². The second kappa shape index (κ2) is 8.11. The van der Waals surface area contributed by atoms with Crippen molar-refractivity contribution in [2.45, 2.75) is 39.2 Å². The van der Waals surface area contributed by atoms with Crippen molar-refractivity contribution in [2.24, 2.45) is 11.8 Å². The van der Waals surface area contributed by atoms with Gasteiger partial charge in [-0.25, -0.2) is 0 Å². The number of nitrogens with zero attached hydrogens (tertiary/aromatic N) is 1. The summed E-state index contributed by atoms with van der Waals surface area (Å²) < 4.78 is 5.63. The highest BCUT2D eigenvalue weighted by molar-refractivity contribution is 5.94. The number of amides is 1. The molecule has 0 saturated carbocycles. The molecule has 1 aromatic heterocycles. The van der Waals surface area contributed by atoms with Crippen LogP contribution in [0.4, 0.5) is 0 Å². The second-order valence-corrected chi connectivity index (χ2v) is 8.12. The Bertz CT molecular complexity index is 933. The van der Waals surface area contributed by atoms with Gasteiger partial charge in [-0.15, -0.1) is 0 Å². The molecule has 1 aromatic carbocycles. The summed E-state index contributed by atoms with van der Waals surface area (Å²) in [4.78, 5) is 18.8. The first-order valence-corrected chi connectivity index (χ1v) is 10.7. The highest BCUT2D eigenvalue weighted by Crippen LogP contribution is 2.46. The molecular formula is C23H31N3O3. The number of ether oxygens (including phenoxy) is 1. The first-order valence-electron chi connectivity index (χ1n) is 10.7. The van der Waals surface area contributed by atoms with E-state index < -0.39 is 0 Å². The maximum Gasteiger partial charge on any atom is 0.250 e. The molecule has 1 amide bonds. The van der Waals surface area contributed by atoms with Gasteiger partial charge in [0.2, 0.25) is 0 Å². The molecule has 3 N–H and O–H groups in total. The number of methoxy groups -OCH3 is 1. The van der Waals surface area contributed by atoms with Crippen molar-refractivity contribution in [1.29, 1.82) is 0 Å². The molecular weight excluding hydrogens is 366 g/mol. The zero-order valence-corrected chi connectivity index (χ0v) is 17.5. The van der Waals surface area contributed by atoms with Crippen molar-refractivity contribution >= 4 is 16.8 Å². The molecule has 3 atom stereocenters. The van der Waals surface area contributed by atoms with Crippen LogP contribution in [0.5, 0.6) is 5.75 Å². The Kier molecular flexibility index (Phi) is 5.54. The smallest absolute Gasteiger partial charge is 0.250 e. The van der Waals surface area contributed by atoms with E-state index in [0.29, 0.717) is 18.0 Å². The van der Waals surface area contributed by atoms with E-state index in [1.807, 2.05) is 19.1 Å². The zero-order valence-electron chi connectivity index (χ0n) is 17.5. The van der Waals surface area contributed by atoms with Crippen LogP contribution in [0.15, 0.2) is 30.0 Å². The predicted octanol–water partition coefficient (Wildman–Crippen LogP) is 3.70. The lowest BCUT2D eigenvalue weighted by atomic mass is 9.74. The van der Waals surface area contributed by atoms with Gasteiger partial charge in [0.05, 0.1) is 25.0 Å². The number of benzene rings is 1. The first kappa shape index (κ1) is 19.8. The van der Waals surface area contributed by atoms with Gasteiger partial charge in [0.15, 0.2) is 0 Å². The number of hydrogen-bond donors (Lipinski definition) is 3. The number of aliphatic hydroxyl groups excluding tert-OH is 1. The van der Waals surface area contributed by atoms with Gasteiger partial charge in [-0.3, -0.25) is 9.69 Å². The van der Waals surface area contributed by atoms with Crippen LogP contribution in [0.3, 0.4) is 0 Å². The van der Waals surface area contributed by atoms with Crippen LogP contribution in [-0.2, 0) is 11.2 Å². The fourth-order valence-corrected chi connectivity index (χ4v) is 5.34. The second-order valence-electron chi connectivity index (χ2n) is 8.12. The molecule has 3 heterocycles. The maximum atomic E-state index is 12.6. The molecule has 0 spiro atoms. The van der Waals surface area contributed by atoms with Gasteiger partial charge in [0.1, 0.15) is 5.75 Å². The summed E-state index contributed by atoms with van der Waals surface area (Å²) in [6.45, 7) is 6.58. The molecule has 156 valence electrons. The minimum atomic E-state index is -0.152. The van der Waals surface area contributed by atoms with Crippen LogP contribution in [0, 0.1) is 11.8 Å². The summed E-state index contributed by atoms with van der Waals surface area (Å²) >= 11 is 0. The molecule has 4 rings (SSSR count). The van der Waals surface area contributed by atoms with Crippen molar-refractivity contribution in [3.63, 3.8) is 0 Å². The number of carbonyl (C=O) groups is 1. The normalized spacial score (nSPS) is 24.8. The third-order valence-corrected chi connectivity index (χ3v) is 6.74. The SMILES string of the molecule is CCNC(=O)/C(=C/O)[C@H]1C[C@H]2c3[nH]c4cccc(OC)c4c3CCN2C[C@H]1CC. The Morgan fingerprint density at radius 1 is 1.41 bits per heavy atom. The molecule has 0 radical (unpaired) electrons. The number of carbonyl (C=O) groups excluding carboxylic acids is 1. The van der Waals surface area contributed by atoms with E-state index in [1.165, 1.54) is 16.6 Å². The molecule has 1 fully saturated rings. The van der Waals surface area contributed by atoms with E-state index in [2.05, 4.69) is 28.2 Å². The quantitative estimate of drug-likeness (QED) is 0.531. The molecule has 0 unspecified atom stereocenters. The standard InChI is InChI=1S/C23H31N3O3/c1-4-14-12-26-10-9-15-21-18(7-6-8-20(21)29-3)25-22(15)19(26)11-16(14)17(13-27)23(28)24-5-2/h6-8,13-14,16,19,25,27H,4-5,9-12H2,1-3H3,(H,24,28)/b17-13+/t14-,16+,19+/m1/s1. The van der Waals surface area contributed by atoms with E-state index >= 15 is 0 Å². The summed E-state index contributed by atoms with van der Waals surface area (Å²) in [5, 5.41) is 13.9. The van der Waals surface area contributed by atoms with Crippen LogP contribution in [0.2, 0.25) is 0 Å². The molecule has 2 aromatic rings. The number of H-pyrrole nitrogens is 1. The molecule has 2 aliphatic rings. The number of hydrogen-bond acceptors (Lipinski definition) is 4. The lowest BCUT2D eigenvalue weighted by Crippen LogP contribution is -2.47. The highest BCUT2D eigenvalue weighted by Gasteiger charge is 2.42. The minimum Gasteiger partial charge on any atom is -0.515 e. The molecule has 0 aliphatic carbocycles. The van der Waals surface area contributed by atoms with Gasteiger partial charge in [-0.2, -0.15) is 0 Å². The molecule has 1 saturated heterocycles. The molecule has 0 bridgehead atoms. The highest BCUT2D eigenvalue weighted by atomic mass is 16.5. The summed E-state index contributed by atoms with van der Waals surface area (Å²) in [7, 11) is 1.72. The summed E-state index contributed by atoms with van der Waals surface area (Å²) in [6, 6.07) is 6.34. The number of aliphatic hydroxyl groups is 1. The monoisotopic (exact) mass is 397 g/mol. The molecule has 6 heteroatoms. The van der Waals surface area contributed by atoms with Crippen molar-refractivity contribution < 1.29 is 14.6 Å². The molecule has 2 aliphatic heterocycles. The van der Waals surface area contributed by atoms with Crippen LogP contribution in [0.25, 0.3) is 10.9 Å². The Labute approximate surface area is 171 Å². The van der Waals surface area contributed by atoms with E-state index in [0.717, 1.165) is 49.9 Å². The number of aromatic nitrogens is 1. The van der Waals surface area contributed by atoms with E-state index in [9.17, 15) is 9.90 Å². The largest absolute Gasteiger partial charge is 0.515 e. The van der Waals surface area contributed by atoms with E-state index in [-0.39, 0.29) is 17.9 Å². The van der Waals surface area contributed by atoms with Crippen LogP contribution >= 0.6 is 0 Å². The van der Waals surface area contributed by atoms with Gasteiger partial charge in [0.25, 0.3) is 5.91 Å². The number of rotatable bonds is 5. The van der Waals surface area contributed by atoms with Crippen molar-refractivity contribution in [3.05, 3.63) is 41.3 Å². The summed E-state index contributed by atoms with van der Waals surface area (Å²) in [5.74, 6) is 1.15. The zero-order chi connectivity index (χ0) is 20.5. The Morgan fingerprint density at radius 3 is 2.93 bits per heavy atom. The van der Waals surface area contributed by atoms with Gasteiger partial charge in [-0.1, -0.05) is 19.4 Å². The minimum absolute atomic E-state index is 0.0389. The summed E-state index contributed by atoms with van der Waals surface area (Å²) in [5.41, 5.74) is 4.19. The number of aromatic amines is 1. The van der Waals surface area contributed by atoms with Crippen LogP contribution in [0.1, 0.15) is 44.0 Å². The summed E-state index contributed by atoms with van der Waals surface area (Å²) in [6.07, 6.45) is 3.83. The first-order chi connectivity index (χ1) is 14.1. The van der Waals surface area contributed by atoms with Crippen LogP contribution < -0.4 is 10.1 Å². The number of likely N-dealkylation sites (N-methyl/N-ethyl adjacent to an activating group) is 1. The van der Waals surface area contributed by atoms with E-state index in [4.69, 9.17) is 4.74 Å². The fourth-order valence-electron chi connectivity index (χ4n) is 5.34. The Morgan fingerprint density at radius 2 is 2.24 bits per heavy atom. The van der Waals surface area contributed by atoms with Crippen LogP contribution in [-0.4, -0.2) is 47.6 Å².